The standard InChI is InChI=1S/C18H36O4.3Na.2H2O4S.3H/c1-2-3-4-5-7-10-13-16(19)17(20)14-11-8-6-9-12-15-18(21)22;;;;2*1-5(2,3)4;;;/h16-17,19-20H,2-15H2,1H3,(H,21,22);;;;2*(H2,1,2,3,4);;;. The van der Waals surface area contributed by atoms with Crippen LogP contribution in [0.3, 0.4) is 0 Å². The Bertz CT molecular complexity index is 603. The Morgan fingerprint density at radius 1 is 0.600 bits per heavy atom. The molecule has 0 aromatic heterocycles. The Labute approximate surface area is 276 Å². The fourth-order valence-electron chi connectivity index (χ4n) is 2.68. The molecule has 202 valence electrons. The van der Waals surface area contributed by atoms with E-state index in [1.54, 1.807) is 0 Å². The molecule has 2 atom stereocenters. The van der Waals surface area contributed by atoms with Gasteiger partial charge in [0.1, 0.15) is 0 Å². The van der Waals surface area contributed by atoms with E-state index >= 15 is 0 Å². The number of rotatable bonds is 16. The molecule has 0 aromatic rings. The topological polar surface area (TPSA) is 227 Å². The minimum absolute atomic E-state index is 0. The predicted octanol–water partition coefficient (Wildman–Crippen LogP) is 1.02. The van der Waals surface area contributed by atoms with E-state index in [-0.39, 0.29) is 95.1 Å². The van der Waals surface area contributed by atoms with Crippen molar-refractivity contribution in [2.24, 2.45) is 0 Å². The van der Waals surface area contributed by atoms with Gasteiger partial charge in [0.25, 0.3) is 0 Å². The first-order valence-electron chi connectivity index (χ1n) is 10.6. The Balaban J connectivity index is -0.000000136. The van der Waals surface area contributed by atoms with E-state index in [2.05, 4.69) is 6.92 Å². The summed E-state index contributed by atoms with van der Waals surface area (Å²) in [5, 5.41) is 28.3. The molecule has 0 amide bonds. The van der Waals surface area contributed by atoms with Gasteiger partial charge < -0.3 is 15.3 Å². The number of aliphatic carboxylic acids is 1. The van der Waals surface area contributed by atoms with Crippen LogP contribution in [-0.4, -0.2) is 157 Å². The van der Waals surface area contributed by atoms with E-state index in [0.29, 0.717) is 12.8 Å². The van der Waals surface area contributed by atoms with Crippen LogP contribution in [0.15, 0.2) is 0 Å². The number of carboxylic acid groups (broad SMARTS) is 1. The summed E-state index contributed by atoms with van der Waals surface area (Å²) in [6.45, 7) is 2.20. The molecule has 12 nitrogen and oxygen atoms in total. The summed E-state index contributed by atoms with van der Waals surface area (Å²) in [6, 6.07) is 0. The number of carboxylic acids is 1. The van der Waals surface area contributed by atoms with Crippen molar-refractivity contribution in [1.29, 1.82) is 0 Å². The van der Waals surface area contributed by atoms with Crippen LogP contribution in [0.25, 0.3) is 0 Å². The van der Waals surface area contributed by atoms with Crippen LogP contribution in [0.4, 0.5) is 0 Å². The molecule has 0 aliphatic rings. The van der Waals surface area contributed by atoms with Gasteiger partial charge >= 0.3 is 115 Å². The third kappa shape index (κ3) is 72.3. The molecule has 0 aromatic carbocycles. The molecular weight excluding hydrogens is 541 g/mol. The van der Waals surface area contributed by atoms with Crippen LogP contribution in [0.5, 0.6) is 0 Å². The van der Waals surface area contributed by atoms with E-state index in [1.165, 1.54) is 25.7 Å². The molecule has 35 heavy (non-hydrogen) atoms. The molecule has 0 radical (unpaired) electrons. The molecule has 0 bridgehead atoms. The van der Waals surface area contributed by atoms with Crippen LogP contribution in [-0.2, 0) is 25.6 Å². The van der Waals surface area contributed by atoms with Gasteiger partial charge in [-0.15, -0.1) is 0 Å². The van der Waals surface area contributed by atoms with Crippen LogP contribution < -0.4 is 0 Å². The van der Waals surface area contributed by atoms with Gasteiger partial charge in [0, 0.05) is 6.42 Å². The number of aliphatic hydroxyl groups excluding tert-OH is 2. The zero-order valence-electron chi connectivity index (χ0n) is 18.5. The summed E-state index contributed by atoms with van der Waals surface area (Å²) < 4.78 is 63.2. The maximum atomic E-state index is 10.4. The molecule has 0 spiro atoms. The van der Waals surface area contributed by atoms with Crippen LogP contribution >= 0.6 is 0 Å². The first kappa shape index (κ1) is 50.0. The Morgan fingerprint density at radius 3 is 1.14 bits per heavy atom. The monoisotopic (exact) mass is 584 g/mol. The summed E-state index contributed by atoms with van der Waals surface area (Å²) in [5.74, 6) is -0.728. The molecule has 0 heterocycles. The van der Waals surface area contributed by atoms with Crippen LogP contribution in [0, 0.1) is 0 Å². The zero-order chi connectivity index (χ0) is 25.6. The van der Waals surface area contributed by atoms with Gasteiger partial charge in [0.05, 0.1) is 12.2 Å². The van der Waals surface area contributed by atoms with Crippen LogP contribution in [0.1, 0.15) is 96.8 Å². The van der Waals surface area contributed by atoms with E-state index in [4.69, 9.17) is 40.2 Å². The normalized spacial score (nSPS) is 12.1. The Kier molecular flexibility index (Phi) is 46.2. The average Bonchev–Trinajstić information content (AvgIpc) is 2.60. The van der Waals surface area contributed by atoms with Crippen molar-refractivity contribution in [3.63, 3.8) is 0 Å². The SMILES string of the molecule is CCCCCCCCC(O)C(O)CCCCCCCC(=O)O.O=S(=O)(O)O.O=S(=O)(O)O.[NaH].[NaH].[NaH]. The summed E-state index contributed by atoms with van der Waals surface area (Å²) in [7, 11) is -9.33. The number of carbonyl (C=O) groups is 1. The molecule has 2 unspecified atom stereocenters. The van der Waals surface area contributed by atoms with Crippen molar-refractivity contribution in [3.8, 4) is 0 Å². The van der Waals surface area contributed by atoms with Gasteiger partial charge in [-0.1, -0.05) is 71.1 Å². The van der Waals surface area contributed by atoms with Crippen molar-refractivity contribution in [2.45, 2.75) is 109 Å². The fraction of sp³-hybridized carbons (Fsp3) is 0.944. The molecule has 0 saturated carbocycles. The average molecular weight is 585 g/mol. The summed E-state index contributed by atoms with van der Waals surface area (Å²) in [4.78, 5) is 10.4. The molecular formula is C18H43Na3O12S2. The second-order valence-electron chi connectivity index (χ2n) is 7.29. The third-order valence-corrected chi connectivity index (χ3v) is 4.19. The maximum absolute atomic E-state index is 10.4. The predicted molar refractivity (Wildman–Crippen MR) is 140 cm³/mol. The Hall–Kier alpha value is 2.13. The van der Waals surface area contributed by atoms with Gasteiger partial charge in [0.15, 0.2) is 0 Å². The van der Waals surface area contributed by atoms with Crippen molar-refractivity contribution >= 4 is 115 Å². The molecule has 0 aliphatic carbocycles. The first-order chi connectivity index (χ1) is 14.6. The molecule has 0 aliphatic heterocycles. The van der Waals surface area contributed by atoms with Gasteiger partial charge in [-0.05, 0) is 19.3 Å². The minimum atomic E-state index is -4.67. The van der Waals surface area contributed by atoms with E-state index < -0.39 is 39.0 Å². The van der Waals surface area contributed by atoms with Gasteiger partial charge in [-0.3, -0.25) is 23.0 Å². The van der Waals surface area contributed by atoms with Gasteiger partial charge in [-0.25, -0.2) is 0 Å². The van der Waals surface area contributed by atoms with Crippen molar-refractivity contribution in [3.05, 3.63) is 0 Å². The van der Waals surface area contributed by atoms with Crippen LogP contribution in [0.2, 0.25) is 0 Å². The van der Waals surface area contributed by atoms with E-state index in [9.17, 15) is 15.0 Å². The number of aliphatic hydroxyl groups is 2. The van der Waals surface area contributed by atoms with Crippen molar-refractivity contribution in [1.82, 2.24) is 0 Å². The molecule has 17 heteroatoms. The van der Waals surface area contributed by atoms with Crippen molar-refractivity contribution in [2.75, 3.05) is 0 Å². The number of hydrogen-bond donors (Lipinski definition) is 7. The summed E-state index contributed by atoms with van der Waals surface area (Å²) >= 11 is 0. The second kappa shape index (κ2) is 32.3. The Morgan fingerprint density at radius 2 is 0.857 bits per heavy atom. The van der Waals surface area contributed by atoms with E-state index in [1.807, 2.05) is 0 Å². The zero-order valence-corrected chi connectivity index (χ0v) is 20.2. The molecule has 7 N–H and O–H groups in total. The summed E-state index contributed by atoms with van der Waals surface area (Å²) in [6.07, 6.45) is 12.2. The molecule has 0 saturated heterocycles. The summed E-state index contributed by atoms with van der Waals surface area (Å²) in [5.41, 5.74) is 0. The molecule has 0 rings (SSSR count). The third-order valence-electron chi connectivity index (χ3n) is 4.19. The number of unbranched alkanes of at least 4 members (excludes halogenated alkanes) is 9. The number of hydrogen-bond acceptors (Lipinski definition) is 7. The fourth-order valence-corrected chi connectivity index (χ4v) is 2.68. The first-order valence-corrected chi connectivity index (χ1v) is 13.3. The van der Waals surface area contributed by atoms with Gasteiger partial charge in [0.2, 0.25) is 0 Å². The molecule has 0 fully saturated rings. The van der Waals surface area contributed by atoms with Crippen molar-refractivity contribution < 1.29 is 55.2 Å². The second-order valence-corrected chi connectivity index (χ2v) is 9.08. The quantitative estimate of drug-likeness (QED) is 0.0766. The van der Waals surface area contributed by atoms with Gasteiger partial charge in [-0.2, -0.15) is 16.8 Å². The van der Waals surface area contributed by atoms with E-state index in [0.717, 1.165) is 44.9 Å².